The SMILES string of the molecule is C=CCN1CCC(NC(=NC)NCc2ccc(C#N)cc2F)CC1. The first-order chi connectivity index (χ1) is 11.7. The van der Waals surface area contributed by atoms with Crippen LogP contribution in [0.15, 0.2) is 35.8 Å². The maximum Gasteiger partial charge on any atom is 0.191 e. The van der Waals surface area contributed by atoms with Crippen molar-refractivity contribution in [2.24, 2.45) is 4.99 Å². The third-order valence-corrected chi connectivity index (χ3v) is 4.17. The normalized spacial score (nSPS) is 16.5. The van der Waals surface area contributed by atoms with Crippen LogP contribution in [-0.2, 0) is 6.54 Å². The average Bonchev–Trinajstić information content (AvgIpc) is 2.61. The summed E-state index contributed by atoms with van der Waals surface area (Å²) in [5, 5.41) is 15.3. The Kier molecular flexibility index (Phi) is 6.76. The van der Waals surface area contributed by atoms with Gasteiger partial charge in [-0.05, 0) is 25.0 Å². The van der Waals surface area contributed by atoms with E-state index in [-0.39, 0.29) is 5.82 Å². The lowest BCUT2D eigenvalue weighted by atomic mass is 10.1. The van der Waals surface area contributed by atoms with Crippen molar-refractivity contribution in [3.05, 3.63) is 47.8 Å². The van der Waals surface area contributed by atoms with Gasteiger partial charge in [0.1, 0.15) is 5.82 Å². The Balaban J connectivity index is 1.83. The van der Waals surface area contributed by atoms with Crippen molar-refractivity contribution in [3.63, 3.8) is 0 Å². The van der Waals surface area contributed by atoms with Crippen LogP contribution in [0.3, 0.4) is 0 Å². The maximum atomic E-state index is 13.9. The van der Waals surface area contributed by atoms with Gasteiger partial charge in [0, 0.05) is 44.8 Å². The molecule has 0 bridgehead atoms. The van der Waals surface area contributed by atoms with Crippen LogP contribution < -0.4 is 10.6 Å². The summed E-state index contributed by atoms with van der Waals surface area (Å²) in [5.74, 6) is 0.288. The molecule has 1 saturated heterocycles. The second kappa shape index (κ2) is 9.04. The van der Waals surface area contributed by atoms with Crippen LogP contribution in [-0.4, -0.2) is 43.6 Å². The van der Waals surface area contributed by atoms with Gasteiger partial charge in [-0.25, -0.2) is 4.39 Å². The predicted octanol–water partition coefficient (Wildman–Crippen LogP) is 2.01. The Morgan fingerprint density at radius 1 is 1.50 bits per heavy atom. The first-order valence-corrected chi connectivity index (χ1v) is 8.15. The molecule has 1 aromatic rings. The number of piperidine rings is 1. The second-order valence-electron chi connectivity index (χ2n) is 5.85. The molecule has 0 saturated carbocycles. The van der Waals surface area contributed by atoms with Gasteiger partial charge in [0.05, 0.1) is 11.6 Å². The molecule has 0 unspecified atom stereocenters. The highest BCUT2D eigenvalue weighted by Crippen LogP contribution is 2.11. The zero-order chi connectivity index (χ0) is 17.4. The topological polar surface area (TPSA) is 63.4 Å². The molecule has 0 atom stereocenters. The number of hydrogen-bond acceptors (Lipinski definition) is 3. The Hall–Kier alpha value is -2.39. The largest absolute Gasteiger partial charge is 0.354 e. The number of rotatable bonds is 5. The van der Waals surface area contributed by atoms with E-state index in [2.05, 4.69) is 27.1 Å². The fourth-order valence-corrected chi connectivity index (χ4v) is 2.77. The van der Waals surface area contributed by atoms with Crippen molar-refractivity contribution >= 4 is 5.96 Å². The van der Waals surface area contributed by atoms with E-state index in [1.54, 1.807) is 19.2 Å². The van der Waals surface area contributed by atoms with Crippen LogP contribution in [0.25, 0.3) is 0 Å². The van der Waals surface area contributed by atoms with Crippen molar-refractivity contribution in [1.82, 2.24) is 15.5 Å². The molecule has 1 heterocycles. The highest BCUT2D eigenvalue weighted by Gasteiger charge is 2.19. The molecular weight excluding hydrogens is 305 g/mol. The third kappa shape index (κ3) is 5.07. The summed E-state index contributed by atoms with van der Waals surface area (Å²) in [5.41, 5.74) is 0.836. The smallest absolute Gasteiger partial charge is 0.191 e. The van der Waals surface area contributed by atoms with E-state index in [4.69, 9.17) is 5.26 Å². The van der Waals surface area contributed by atoms with Gasteiger partial charge in [-0.1, -0.05) is 12.1 Å². The van der Waals surface area contributed by atoms with Gasteiger partial charge >= 0.3 is 0 Å². The molecule has 5 nitrogen and oxygen atoms in total. The van der Waals surface area contributed by atoms with Crippen LogP contribution in [0.4, 0.5) is 4.39 Å². The molecule has 6 heteroatoms. The second-order valence-corrected chi connectivity index (χ2v) is 5.85. The Bertz CT molecular complexity index is 627. The molecule has 2 rings (SSSR count). The quantitative estimate of drug-likeness (QED) is 0.493. The Morgan fingerprint density at radius 2 is 2.25 bits per heavy atom. The fourth-order valence-electron chi connectivity index (χ4n) is 2.77. The van der Waals surface area contributed by atoms with E-state index in [0.717, 1.165) is 32.5 Å². The summed E-state index contributed by atoms with van der Waals surface area (Å²) in [6.07, 6.45) is 4.01. The summed E-state index contributed by atoms with van der Waals surface area (Å²) in [4.78, 5) is 6.57. The molecule has 1 aliphatic rings. The number of halogens is 1. The van der Waals surface area contributed by atoms with Crippen LogP contribution >= 0.6 is 0 Å². The number of benzene rings is 1. The summed E-state index contributed by atoms with van der Waals surface area (Å²) in [6, 6.07) is 6.79. The highest BCUT2D eigenvalue weighted by molar-refractivity contribution is 5.79. The average molecular weight is 329 g/mol. The number of nitrogens with zero attached hydrogens (tertiary/aromatic N) is 3. The van der Waals surface area contributed by atoms with Gasteiger partial charge < -0.3 is 10.6 Å². The summed E-state index contributed by atoms with van der Waals surface area (Å²) in [6.45, 7) is 7.09. The zero-order valence-electron chi connectivity index (χ0n) is 14.1. The molecule has 1 aromatic carbocycles. The number of aliphatic imine (C=N–C) groups is 1. The van der Waals surface area contributed by atoms with E-state index in [1.807, 2.05) is 12.1 Å². The first-order valence-electron chi connectivity index (χ1n) is 8.15. The van der Waals surface area contributed by atoms with Crippen molar-refractivity contribution in [2.75, 3.05) is 26.7 Å². The molecule has 0 aromatic heterocycles. The molecule has 128 valence electrons. The van der Waals surface area contributed by atoms with Crippen LogP contribution in [0.5, 0.6) is 0 Å². The molecule has 0 spiro atoms. The van der Waals surface area contributed by atoms with Gasteiger partial charge in [0.15, 0.2) is 5.96 Å². The van der Waals surface area contributed by atoms with Crippen molar-refractivity contribution in [2.45, 2.75) is 25.4 Å². The molecule has 24 heavy (non-hydrogen) atoms. The molecular formula is C18H24FN5. The fraction of sp³-hybridized carbons (Fsp3) is 0.444. The van der Waals surface area contributed by atoms with Gasteiger partial charge in [-0.2, -0.15) is 5.26 Å². The van der Waals surface area contributed by atoms with Crippen LogP contribution in [0, 0.1) is 17.1 Å². The summed E-state index contributed by atoms with van der Waals surface area (Å²) >= 11 is 0. The minimum atomic E-state index is -0.380. The van der Waals surface area contributed by atoms with E-state index in [1.165, 1.54) is 6.07 Å². The monoisotopic (exact) mass is 329 g/mol. The number of guanidine groups is 1. The molecule has 0 aliphatic carbocycles. The van der Waals surface area contributed by atoms with E-state index < -0.39 is 0 Å². The standard InChI is InChI=1S/C18H24FN5/c1-3-8-24-9-6-16(7-10-24)23-18(21-2)22-13-15-5-4-14(12-20)11-17(15)19/h3-5,11,16H,1,6-10,13H2,2H3,(H2,21,22,23). The lowest BCUT2D eigenvalue weighted by molar-refractivity contribution is 0.225. The number of hydrogen-bond donors (Lipinski definition) is 2. The first kappa shape index (κ1) is 18.0. The summed E-state index contributed by atoms with van der Waals surface area (Å²) < 4.78 is 13.9. The van der Waals surface area contributed by atoms with Crippen molar-refractivity contribution < 1.29 is 4.39 Å². The number of likely N-dealkylation sites (tertiary alicyclic amines) is 1. The van der Waals surface area contributed by atoms with Gasteiger partial charge in [-0.3, -0.25) is 9.89 Å². The molecule has 0 amide bonds. The number of nitrogens with one attached hydrogen (secondary N) is 2. The number of nitriles is 1. The maximum absolute atomic E-state index is 13.9. The van der Waals surface area contributed by atoms with Crippen LogP contribution in [0.1, 0.15) is 24.0 Å². The van der Waals surface area contributed by atoms with E-state index >= 15 is 0 Å². The lowest BCUT2D eigenvalue weighted by Crippen LogP contribution is -2.48. The van der Waals surface area contributed by atoms with Crippen LogP contribution in [0.2, 0.25) is 0 Å². The molecule has 1 fully saturated rings. The Labute approximate surface area is 142 Å². The molecule has 0 radical (unpaired) electrons. The van der Waals surface area contributed by atoms with Crippen molar-refractivity contribution in [1.29, 1.82) is 5.26 Å². The van der Waals surface area contributed by atoms with Crippen molar-refractivity contribution in [3.8, 4) is 6.07 Å². The van der Waals surface area contributed by atoms with Gasteiger partial charge in [0.2, 0.25) is 0 Å². The third-order valence-electron chi connectivity index (χ3n) is 4.17. The highest BCUT2D eigenvalue weighted by atomic mass is 19.1. The zero-order valence-corrected chi connectivity index (χ0v) is 14.1. The van der Waals surface area contributed by atoms with Gasteiger partial charge in [0.25, 0.3) is 0 Å². The van der Waals surface area contributed by atoms with Gasteiger partial charge in [-0.15, -0.1) is 6.58 Å². The summed E-state index contributed by atoms with van der Waals surface area (Å²) in [7, 11) is 1.71. The predicted molar refractivity (Wildman–Crippen MR) is 94.1 cm³/mol. The lowest BCUT2D eigenvalue weighted by Gasteiger charge is -2.32. The Morgan fingerprint density at radius 3 is 2.83 bits per heavy atom. The minimum Gasteiger partial charge on any atom is -0.354 e. The molecule has 2 N–H and O–H groups in total. The van der Waals surface area contributed by atoms with E-state index in [9.17, 15) is 4.39 Å². The van der Waals surface area contributed by atoms with E-state index in [0.29, 0.717) is 29.7 Å². The minimum absolute atomic E-state index is 0.324. The molecule has 1 aliphatic heterocycles.